The third kappa shape index (κ3) is 6.49. The average Bonchev–Trinajstić information content (AvgIpc) is 2.73. The Kier molecular flexibility index (Phi) is 8.47. The Morgan fingerprint density at radius 1 is 1.28 bits per heavy atom. The number of methoxy groups -OCH3 is 1. The summed E-state index contributed by atoms with van der Waals surface area (Å²) in [5.74, 6) is 6.23. The van der Waals surface area contributed by atoms with Gasteiger partial charge in [0.05, 0.1) is 5.57 Å². The van der Waals surface area contributed by atoms with Crippen molar-refractivity contribution in [2.75, 3.05) is 20.3 Å². The van der Waals surface area contributed by atoms with Crippen LogP contribution in [0.4, 0.5) is 0 Å². The zero-order valence-corrected chi connectivity index (χ0v) is 17.3. The number of nitrogens with two attached hydrogens (primary N) is 1. The number of rotatable bonds is 7. The van der Waals surface area contributed by atoms with E-state index in [1.165, 1.54) is 0 Å². The van der Waals surface area contributed by atoms with Crippen LogP contribution in [0.2, 0.25) is 5.02 Å². The lowest BCUT2D eigenvalue weighted by molar-refractivity contribution is 0.0948. The lowest BCUT2D eigenvalue weighted by Crippen LogP contribution is -2.25. The molecule has 2 aromatic rings. The Morgan fingerprint density at radius 2 is 2.00 bits per heavy atom. The van der Waals surface area contributed by atoms with Crippen molar-refractivity contribution in [3.8, 4) is 11.8 Å². The number of ether oxygens (including phenoxy) is 1. The van der Waals surface area contributed by atoms with Gasteiger partial charge in [0, 0.05) is 36.4 Å². The number of aryl methyl sites for hydroxylation is 1. The van der Waals surface area contributed by atoms with E-state index in [-0.39, 0.29) is 11.7 Å². The van der Waals surface area contributed by atoms with E-state index >= 15 is 0 Å². The summed E-state index contributed by atoms with van der Waals surface area (Å²) in [5.41, 5.74) is 9.66. The molecule has 150 valence electrons. The molecule has 0 atom stereocenters. The predicted molar refractivity (Wildman–Crippen MR) is 119 cm³/mol. The topological polar surface area (TPSA) is 76.7 Å². The van der Waals surface area contributed by atoms with Crippen LogP contribution < -0.4 is 11.1 Å². The van der Waals surface area contributed by atoms with Gasteiger partial charge in [0.2, 0.25) is 0 Å². The Hall–Kier alpha value is -3.07. The molecule has 0 unspecified atom stereocenters. The summed E-state index contributed by atoms with van der Waals surface area (Å²) in [6.45, 7) is 6.62. The first-order valence-corrected chi connectivity index (χ1v) is 9.46. The second kappa shape index (κ2) is 11.1. The molecular formula is C23H24ClN3O2. The van der Waals surface area contributed by atoms with Crippen LogP contribution in [0.5, 0.6) is 0 Å². The molecule has 0 saturated heterocycles. The van der Waals surface area contributed by atoms with Crippen LogP contribution in [-0.2, 0) is 4.74 Å². The molecule has 0 radical (unpaired) electrons. The highest BCUT2D eigenvalue weighted by atomic mass is 35.5. The van der Waals surface area contributed by atoms with Gasteiger partial charge < -0.3 is 15.8 Å². The SMILES string of the molecule is C=N/C(N)=C(/C#Cc1ccc(C(=O)NCCCOC)cc1)c1cc(Cl)ccc1C. The molecule has 0 fully saturated rings. The fourth-order valence-corrected chi connectivity index (χ4v) is 2.74. The molecule has 3 N–H and O–H groups in total. The molecule has 0 spiro atoms. The van der Waals surface area contributed by atoms with E-state index in [1.54, 1.807) is 37.4 Å². The van der Waals surface area contributed by atoms with Crippen LogP contribution in [0.25, 0.3) is 5.57 Å². The van der Waals surface area contributed by atoms with E-state index in [9.17, 15) is 4.79 Å². The number of halogens is 1. The summed E-state index contributed by atoms with van der Waals surface area (Å²) in [5, 5.41) is 3.43. The van der Waals surface area contributed by atoms with Crippen LogP contribution in [0.3, 0.4) is 0 Å². The quantitative estimate of drug-likeness (QED) is 0.415. The molecule has 0 aliphatic heterocycles. The normalized spacial score (nSPS) is 11.1. The summed E-state index contributed by atoms with van der Waals surface area (Å²) in [4.78, 5) is 16.0. The van der Waals surface area contributed by atoms with E-state index in [2.05, 4.69) is 28.9 Å². The molecule has 0 bridgehead atoms. The first-order chi connectivity index (χ1) is 14.0. The number of benzene rings is 2. The highest BCUT2D eigenvalue weighted by Crippen LogP contribution is 2.24. The molecule has 0 aliphatic rings. The summed E-state index contributed by atoms with van der Waals surface area (Å²) < 4.78 is 4.96. The summed E-state index contributed by atoms with van der Waals surface area (Å²) in [6, 6.07) is 12.6. The minimum absolute atomic E-state index is 0.129. The van der Waals surface area contributed by atoms with Crippen LogP contribution in [0, 0.1) is 18.8 Å². The number of nitrogens with one attached hydrogen (secondary N) is 1. The number of nitrogens with zero attached hydrogens (tertiary/aromatic N) is 1. The molecule has 0 heterocycles. The van der Waals surface area contributed by atoms with E-state index in [1.807, 2.05) is 19.1 Å². The number of allylic oxidation sites excluding steroid dienone is 1. The van der Waals surface area contributed by atoms with Gasteiger partial charge in [-0.3, -0.25) is 4.79 Å². The van der Waals surface area contributed by atoms with Crippen molar-refractivity contribution in [2.45, 2.75) is 13.3 Å². The van der Waals surface area contributed by atoms with Gasteiger partial charge in [0.1, 0.15) is 5.82 Å². The van der Waals surface area contributed by atoms with Crippen molar-refractivity contribution in [3.05, 3.63) is 75.6 Å². The smallest absolute Gasteiger partial charge is 0.251 e. The predicted octanol–water partition coefficient (Wildman–Crippen LogP) is 3.79. The zero-order chi connectivity index (χ0) is 21.2. The lowest BCUT2D eigenvalue weighted by atomic mass is 10.0. The first kappa shape index (κ1) is 22.2. The Labute approximate surface area is 176 Å². The molecule has 2 aromatic carbocycles. The molecular weight excluding hydrogens is 386 g/mol. The van der Waals surface area contributed by atoms with Crippen LogP contribution in [0.1, 0.15) is 33.5 Å². The molecule has 29 heavy (non-hydrogen) atoms. The van der Waals surface area contributed by atoms with Crippen LogP contribution >= 0.6 is 11.6 Å². The standard InChI is InChI=1S/C23H24ClN3O2/c1-16-5-11-19(24)15-21(16)20(22(25)26-2)12-8-17-6-9-18(10-7-17)23(28)27-13-4-14-29-3/h5-7,9-11,15H,2,4,13-14,25H2,1,3H3,(H,27,28)/b22-20-. The molecule has 5 nitrogen and oxygen atoms in total. The Morgan fingerprint density at radius 3 is 2.66 bits per heavy atom. The van der Waals surface area contributed by atoms with E-state index in [4.69, 9.17) is 22.1 Å². The maximum Gasteiger partial charge on any atom is 0.251 e. The molecule has 6 heteroatoms. The van der Waals surface area contributed by atoms with E-state index in [0.29, 0.717) is 29.3 Å². The number of amides is 1. The Balaban J connectivity index is 2.21. The van der Waals surface area contributed by atoms with Crippen LogP contribution in [0.15, 0.2) is 53.3 Å². The maximum absolute atomic E-state index is 12.1. The van der Waals surface area contributed by atoms with Gasteiger partial charge in [-0.2, -0.15) is 0 Å². The minimum atomic E-state index is -0.129. The van der Waals surface area contributed by atoms with E-state index < -0.39 is 0 Å². The first-order valence-electron chi connectivity index (χ1n) is 9.08. The summed E-state index contributed by atoms with van der Waals surface area (Å²) in [6.07, 6.45) is 0.766. The van der Waals surface area contributed by atoms with Crippen molar-refractivity contribution in [3.63, 3.8) is 0 Å². The second-order valence-electron chi connectivity index (χ2n) is 6.31. The molecule has 1 amide bonds. The second-order valence-corrected chi connectivity index (χ2v) is 6.74. The average molecular weight is 410 g/mol. The highest BCUT2D eigenvalue weighted by Gasteiger charge is 2.08. The van der Waals surface area contributed by atoms with Crippen molar-refractivity contribution < 1.29 is 9.53 Å². The lowest BCUT2D eigenvalue weighted by Gasteiger charge is -2.07. The van der Waals surface area contributed by atoms with E-state index in [0.717, 1.165) is 23.1 Å². The third-order valence-corrected chi connectivity index (χ3v) is 4.42. The molecule has 0 aliphatic carbocycles. The van der Waals surface area contributed by atoms with Gasteiger partial charge >= 0.3 is 0 Å². The number of hydrogen-bond donors (Lipinski definition) is 2. The van der Waals surface area contributed by atoms with Crippen molar-refractivity contribution >= 4 is 29.8 Å². The zero-order valence-electron chi connectivity index (χ0n) is 16.6. The van der Waals surface area contributed by atoms with Crippen molar-refractivity contribution in [1.82, 2.24) is 5.32 Å². The van der Waals surface area contributed by atoms with Gasteiger partial charge in [-0.05, 0) is 67.6 Å². The maximum atomic E-state index is 12.1. The van der Waals surface area contributed by atoms with Crippen LogP contribution in [-0.4, -0.2) is 32.9 Å². The highest BCUT2D eigenvalue weighted by molar-refractivity contribution is 6.30. The number of carbonyl (C=O) groups is 1. The summed E-state index contributed by atoms with van der Waals surface area (Å²) >= 11 is 6.12. The fraction of sp³-hybridized carbons (Fsp3) is 0.217. The molecule has 0 saturated carbocycles. The van der Waals surface area contributed by atoms with Gasteiger partial charge in [0.15, 0.2) is 0 Å². The van der Waals surface area contributed by atoms with Crippen molar-refractivity contribution in [2.24, 2.45) is 10.7 Å². The third-order valence-electron chi connectivity index (χ3n) is 4.19. The largest absolute Gasteiger partial charge is 0.385 e. The number of carbonyl (C=O) groups excluding carboxylic acids is 1. The van der Waals surface area contributed by atoms with Gasteiger partial charge in [-0.25, -0.2) is 4.99 Å². The summed E-state index contributed by atoms with van der Waals surface area (Å²) in [7, 11) is 1.63. The van der Waals surface area contributed by atoms with Gasteiger partial charge in [0.25, 0.3) is 5.91 Å². The number of aliphatic imine (C=N–C) groups is 1. The monoisotopic (exact) mass is 409 g/mol. The fourth-order valence-electron chi connectivity index (χ4n) is 2.57. The molecule has 0 aromatic heterocycles. The van der Waals surface area contributed by atoms with Gasteiger partial charge in [-0.15, -0.1) is 0 Å². The Bertz CT molecular complexity index is 970. The molecule has 2 rings (SSSR count). The minimum Gasteiger partial charge on any atom is -0.385 e. The number of hydrogen-bond acceptors (Lipinski definition) is 4. The van der Waals surface area contributed by atoms with Gasteiger partial charge in [-0.1, -0.05) is 29.5 Å². The van der Waals surface area contributed by atoms with Crippen molar-refractivity contribution in [1.29, 1.82) is 0 Å².